The van der Waals surface area contributed by atoms with Crippen molar-refractivity contribution in [1.29, 1.82) is 0 Å². The summed E-state index contributed by atoms with van der Waals surface area (Å²) in [6, 6.07) is 2.56. The van der Waals surface area contributed by atoms with Gasteiger partial charge >= 0.3 is 7.12 Å². The lowest BCUT2D eigenvalue weighted by Gasteiger charge is -2.26. The Balaban J connectivity index is 2.54. The van der Waals surface area contributed by atoms with Gasteiger partial charge in [-0.2, -0.15) is 0 Å². The van der Waals surface area contributed by atoms with E-state index in [2.05, 4.69) is 0 Å². The van der Waals surface area contributed by atoms with E-state index in [1.54, 1.807) is 0 Å². The van der Waals surface area contributed by atoms with Crippen molar-refractivity contribution < 1.29 is 19.2 Å². The van der Waals surface area contributed by atoms with E-state index in [4.69, 9.17) is 10.0 Å². The number of carbonyl (C=O) groups excluding carboxylic acids is 1. The minimum Gasteiger partial charge on any atom is -0.423 e. The van der Waals surface area contributed by atoms with Gasteiger partial charge in [-0.05, 0) is 23.5 Å². The van der Waals surface area contributed by atoms with Crippen molar-refractivity contribution in [3.63, 3.8) is 0 Å². The van der Waals surface area contributed by atoms with Crippen LogP contribution in [0.4, 0.5) is 10.1 Å². The highest BCUT2D eigenvalue weighted by molar-refractivity contribution is 6.58. The lowest BCUT2D eigenvalue weighted by atomic mass is 9.78. The first-order chi connectivity index (χ1) is 7.50. The fourth-order valence-corrected chi connectivity index (χ4v) is 1.93. The summed E-state index contributed by atoms with van der Waals surface area (Å²) in [6.07, 6.45) is 0.740. The summed E-state index contributed by atoms with van der Waals surface area (Å²) in [5, 5.41) is 18.0. The minimum atomic E-state index is -1.69. The number of rotatable bonds is 1. The summed E-state index contributed by atoms with van der Waals surface area (Å²) in [6.45, 7) is 0. The van der Waals surface area contributed by atoms with Crippen LogP contribution in [-0.2, 0) is 11.2 Å². The second-order valence-corrected chi connectivity index (χ2v) is 3.84. The van der Waals surface area contributed by atoms with E-state index in [9.17, 15) is 9.18 Å². The Labute approximate surface area is 92.5 Å². The van der Waals surface area contributed by atoms with Gasteiger partial charge in [-0.25, -0.2) is 4.39 Å². The lowest BCUT2D eigenvalue weighted by Crippen LogP contribution is -2.36. The summed E-state index contributed by atoms with van der Waals surface area (Å²) in [5.74, 6) is -0.736. The van der Waals surface area contributed by atoms with E-state index in [0.29, 0.717) is 18.4 Å². The number of halogens is 1. The molecular weight excluding hydrogens is 212 g/mol. The van der Waals surface area contributed by atoms with E-state index < -0.39 is 12.9 Å². The maximum atomic E-state index is 13.7. The van der Waals surface area contributed by atoms with Crippen molar-refractivity contribution in [1.82, 2.24) is 0 Å². The first kappa shape index (κ1) is 11.1. The molecule has 0 aliphatic carbocycles. The number of hydrogen-bond donors (Lipinski definition) is 2. The normalized spacial score (nSPS) is 15.0. The molecule has 0 aromatic heterocycles. The average Bonchev–Trinajstić information content (AvgIpc) is 2.22. The van der Waals surface area contributed by atoms with E-state index in [1.165, 1.54) is 18.0 Å². The summed E-state index contributed by atoms with van der Waals surface area (Å²) in [5.41, 5.74) is 0.977. The number of fused-ring (bicyclic) bond motifs is 1. The highest BCUT2D eigenvalue weighted by Crippen LogP contribution is 2.28. The summed E-state index contributed by atoms with van der Waals surface area (Å²) >= 11 is 0. The van der Waals surface area contributed by atoms with Gasteiger partial charge in [0, 0.05) is 13.5 Å². The van der Waals surface area contributed by atoms with Gasteiger partial charge in [0.05, 0.1) is 5.69 Å². The fraction of sp³-hybridized carbons (Fsp3) is 0.300. The molecule has 0 radical (unpaired) electrons. The molecule has 0 unspecified atom stereocenters. The van der Waals surface area contributed by atoms with Crippen molar-refractivity contribution >= 4 is 24.2 Å². The molecule has 16 heavy (non-hydrogen) atoms. The first-order valence-electron chi connectivity index (χ1n) is 4.95. The Morgan fingerprint density at radius 2 is 2.06 bits per heavy atom. The molecule has 84 valence electrons. The molecule has 6 heteroatoms. The number of anilines is 1. The number of aryl methyl sites for hydroxylation is 1. The maximum Gasteiger partial charge on any atom is 0.488 e. The molecule has 0 fully saturated rings. The van der Waals surface area contributed by atoms with Crippen LogP contribution in [0, 0.1) is 5.82 Å². The zero-order chi connectivity index (χ0) is 11.9. The van der Waals surface area contributed by atoms with Crippen LogP contribution in [0.2, 0.25) is 0 Å². The first-order valence-corrected chi connectivity index (χ1v) is 4.95. The summed E-state index contributed by atoms with van der Waals surface area (Å²) < 4.78 is 13.7. The molecule has 1 aromatic rings. The Bertz CT molecular complexity index is 450. The standard InChI is InChI=1S/C10H11BFNO3/c1-13-9(14)3-2-6-4-7(11(15)16)5-8(12)10(6)13/h4-5,15-16H,2-3H2,1H3. The van der Waals surface area contributed by atoms with Gasteiger partial charge in [0.15, 0.2) is 0 Å². The third-order valence-electron chi connectivity index (χ3n) is 2.78. The van der Waals surface area contributed by atoms with E-state index in [0.717, 1.165) is 6.07 Å². The van der Waals surface area contributed by atoms with Crippen molar-refractivity contribution in [2.45, 2.75) is 12.8 Å². The van der Waals surface area contributed by atoms with Crippen LogP contribution in [0.1, 0.15) is 12.0 Å². The molecule has 1 aliphatic heterocycles. The largest absolute Gasteiger partial charge is 0.488 e. The van der Waals surface area contributed by atoms with E-state index in [-0.39, 0.29) is 17.1 Å². The van der Waals surface area contributed by atoms with Crippen LogP contribution in [0.3, 0.4) is 0 Å². The second-order valence-electron chi connectivity index (χ2n) is 3.84. The van der Waals surface area contributed by atoms with Gasteiger partial charge in [-0.1, -0.05) is 6.07 Å². The topological polar surface area (TPSA) is 60.8 Å². The van der Waals surface area contributed by atoms with E-state index in [1.807, 2.05) is 0 Å². The van der Waals surface area contributed by atoms with Crippen LogP contribution in [0.5, 0.6) is 0 Å². The molecule has 0 atom stereocenters. The molecular formula is C10H11BFNO3. The fourth-order valence-electron chi connectivity index (χ4n) is 1.93. The van der Waals surface area contributed by atoms with Gasteiger partial charge in [-0.15, -0.1) is 0 Å². The zero-order valence-corrected chi connectivity index (χ0v) is 8.77. The van der Waals surface area contributed by atoms with Crippen molar-refractivity contribution in [3.05, 3.63) is 23.5 Å². The predicted molar refractivity (Wildman–Crippen MR) is 58.0 cm³/mol. The van der Waals surface area contributed by atoms with Gasteiger partial charge in [-0.3, -0.25) is 4.79 Å². The Morgan fingerprint density at radius 3 is 2.69 bits per heavy atom. The van der Waals surface area contributed by atoms with Crippen molar-refractivity contribution in [3.8, 4) is 0 Å². The van der Waals surface area contributed by atoms with Crippen molar-refractivity contribution in [2.75, 3.05) is 11.9 Å². The monoisotopic (exact) mass is 223 g/mol. The van der Waals surface area contributed by atoms with Gasteiger partial charge in [0.25, 0.3) is 0 Å². The van der Waals surface area contributed by atoms with Crippen LogP contribution < -0.4 is 10.4 Å². The number of hydrogen-bond acceptors (Lipinski definition) is 3. The third kappa shape index (κ3) is 1.70. The van der Waals surface area contributed by atoms with Crippen LogP contribution >= 0.6 is 0 Å². The Hall–Kier alpha value is -1.40. The zero-order valence-electron chi connectivity index (χ0n) is 8.77. The number of amides is 1. The van der Waals surface area contributed by atoms with Gasteiger partial charge in [0.1, 0.15) is 5.82 Å². The predicted octanol–water partition coefficient (Wildman–Crippen LogP) is -0.585. The molecule has 1 heterocycles. The second kappa shape index (κ2) is 3.88. The molecule has 0 saturated carbocycles. The highest BCUT2D eigenvalue weighted by Gasteiger charge is 2.26. The average molecular weight is 223 g/mol. The Morgan fingerprint density at radius 1 is 1.38 bits per heavy atom. The highest BCUT2D eigenvalue weighted by atomic mass is 19.1. The molecule has 2 rings (SSSR count). The van der Waals surface area contributed by atoms with Crippen LogP contribution in [-0.4, -0.2) is 30.1 Å². The van der Waals surface area contributed by atoms with Gasteiger partial charge in [0.2, 0.25) is 5.91 Å². The summed E-state index contributed by atoms with van der Waals surface area (Å²) in [4.78, 5) is 12.7. The SMILES string of the molecule is CN1C(=O)CCc2cc(B(O)O)cc(F)c21. The molecule has 1 amide bonds. The smallest absolute Gasteiger partial charge is 0.423 e. The molecule has 2 N–H and O–H groups in total. The van der Waals surface area contributed by atoms with Crippen LogP contribution in [0.25, 0.3) is 0 Å². The van der Waals surface area contributed by atoms with E-state index >= 15 is 0 Å². The minimum absolute atomic E-state index is 0.110. The van der Waals surface area contributed by atoms with Crippen LogP contribution in [0.15, 0.2) is 12.1 Å². The molecule has 0 spiro atoms. The molecule has 0 bridgehead atoms. The quantitative estimate of drug-likeness (QED) is 0.626. The maximum absolute atomic E-state index is 13.7. The third-order valence-corrected chi connectivity index (χ3v) is 2.78. The Kier molecular flexibility index (Phi) is 2.69. The van der Waals surface area contributed by atoms with Gasteiger partial charge < -0.3 is 14.9 Å². The molecule has 0 saturated heterocycles. The lowest BCUT2D eigenvalue weighted by molar-refractivity contribution is -0.118. The number of nitrogens with zero attached hydrogens (tertiary/aromatic N) is 1. The van der Waals surface area contributed by atoms with Crippen molar-refractivity contribution in [2.24, 2.45) is 0 Å². The molecule has 1 aromatic carbocycles. The summed E-state index contributed by atoms with van der Waals surface area (Å²) in [7, 11) is -0.180. The molecule has 4 nitrogen and oxygen atoms in total. The number of carbonyl (C=O) groups is 1. The molecule has 1 aliphatic rings. The number of benzene rings is 1.